The number of benzene rings is 1. The molecule has 186 valence electrons. The smallest absolute Gasteiger partial charge is 0.338 e. The van der Waals surface area contributed by atoms with Crippen molar-refractivity contribution in [1.82, 2.24) is 9.47 Å². The molecule has 0 aliphatic heterocycles. The number of carbonyl (C=O) groups excluding carboxylic acids is 1. The normalized spacial score (nSPS) is 13.5. The fraction of sp³-hybridized carbons (Fsp3) is 0.704. The minimum Gasteiger partial charge on any atom is -0.462 e. The first-order chi connectivity index (χ1) is 16.0. The van der Waals surface area contributed by atoms with E-state index >= 15 is 0 Å². The quantitative estimate of drug-likeness (QED) is 0.174. The summed E-state index contributed by atoms with van der Waals surface area (Å²) in [6, 6.07) is 5.82. The van der Waals surface area contributed by atoms with Crippen molar-refractivity contribution in [3.63, 3.8) is 0 Å². The summed E-state index contributed by atoms with van der Waals surface area (Å²) in [7, 11) is 0. The molecule has 6 heteroatoms. The molecule has 0 aliphatic rings. The van der Waals surface area contributed by atoms with Crippen molar-refractivity contribution in [1.29, 1.82) is 0 Å². The van der Waals surface area contributed by atoms with E-state index in [2.05, 4.69) is 37.2 Å². The maximum absolute atomic E-state index is 12.3. The molecule has 0 radical (unpaired) electrons. The summed E-state index contributed by atoms with van der Waals surface area (Å²) in [5.41, 5.74) is 1.64. The molecule has 0 fully saturated rings. The Morgan fingerprint density at radius 1 is 1.03 bits per heavy atom. The zero-order valence-electron chi connectivity index (χ0n) is 21.4. The predicted octanol–water partition coefficient (Wildman–Crippen LogP) is 8.30. The maximum atomic E-state index is 12.3. The molecule has 0 saturated heterocycles. The van der Waals surface area contributed by atoms with Crippen molar-refractivity contribution < 1.29 is 9.53 Å². The van der Waals surface area contributed by atoms with Crippen LogP contribution in [0.4, 0.5) is 0 Å². The number of fused-ring (bicyclic) bond motifs is 1. The van der Waals surface area contributed by atoms with Crippen LogP contribution in [0.15, 0.2) is 18.2 Å². The van der Waals surface area contributed by atoms with Crippen LogP contribution in [-0.4, -0.2) is 35.1 Å². The van der Waals surface area contributed by atoms with Crippen LogP contribution in [0.5, 0.6) is 0 Å². The Bertz CT molecular complexity index is 887. The van der Waals surface area contributed by atoms with Gasteiger partial charge in [0.15, 0.2) is 3.95 Å². The Morgan fingerprint density at radius 3 is 2.15 bits per heavy atom. The van der Waals surface area contributed by atoms with Crippen LogP contribution < -0.4 is 0 Å². The summed E-state index contributed by atoms with van der Waals surface area (Å²) in [6.45, 7) is 14.4. The van der Waals surface area contributed by atoms with Crippen molar-refractivity contribution in [2.75, 3.05) is 19.7 Å². The third kappa shape index (κ3) is 8.48. The number of nitrogens with zero attached hydrogens (tertiary/aromatic N) is 2. The summed E-state index contributed by atoms with van der Waals surface area (Å²) in [6.07, 6.45) is 10.1. The number of aromatic nitrogens is 1. The molecule has 2 rings (SSSR count). The van der Waals surface area contributed by atoms with Gasteiger partial charge in [0.25, 0.3) is 0 Å². The fourth-order valence-electron chi connectivity index (χ4n) is 4.49. The van der Waals surface area contributed by atoms with Gasteiger partial charge in [0.05, 0.1) is 29.1 Å². The Labute approximate surface area is 210 Å². The van der Waals surface area contributed by atoms with Gasteiger partial charge in [0.1, 0.15) is 0 Å². The van der Waals surface area contributed by atoms with Gasteiger partial charge < -0.3 is 9.30 Å². The highest BCUT2D eigenvalue weighted by Gasteiger charge is 2.19. The third-order valence-corrected chi connectivity index (χ3v) is 8.07. The van der Waals surface area contributed by atoms with E-state index in [0.29, 0.717) is 24.0 Å². The molecule has 0 amide bonds. The summed E-state index contributed by atoms with van der Waals surface area (Å²) in [5, 5.41) is 0. The van der Waals surface area contributed by atoms with Crippen molar-refractivity contribution in [3.8, 4) is 0 Å². The number of ether oxygens (including phenoxy) is 1. The number of rotatable bonds is 16. The third-order valence-electron chi connectivity index (χ3n) is 6.64. The monoisotopic (exact) mass is 492 g/mol. The van der Waals surface area contributed by atoms with Crippen LogP contribution in [0.25, 0.3) is 10.2 Å². The van der Waals surface area contributed by atoms with Gasteiger partial charge in [-0.05, 0) is 62.0 Å². The van der Waals surface area contributed by atoms with E-state index in [-0.39, 0.29) is 5.97 Å². The molecule has 0 bridgehead atoms. The maximum Gasteiger partial charge on any atom is 0.338 e. The van der Waals surface area contributed by atoms with Gasteiger partial charge in [-0.3, -0.25) is 4.90 Å². The molecule has 0 N–H and O–H groups in total. The van der Waals surface area contributed by atoms with Gasteiger partial charge in [-0.15, -0.1) is 11.3 Å². The molecule has 1 heterocycles. The highest BCUT2D eigenvalue weighted by molar-refractivity contribution is 7.73. The van der Waals surface area contributed by atoms with Gasteiger partial charge in [0.2, 0.25) is 0 Å². The molecule has 1 aromatic carbocycles. The number of hydrogen-bond acceptors (Lipinski definition) is 5. The van der Waals surface area contributed by atoms with Crippen LogP contribution in [0.1, 0.15) is 96.3 Å². The van der Waals surface area contributed by atoms with Crippen molar-refractivity contribution in [2.24, 2.45) is 11.8 Å². The number of hydrogen-bond donors (Lipinski definition) is 0. The van der Waals surface area contributed by atoms with Crippen LogP contribution >= 0.6 is 23.6 Å². The van der Waals surface area contributed by atoms with Crippen molar-refractivity contribution in [2.45, 2.75) is 92.7 Å². The summed E-state index contributed by atoms with van der Waals surface area (Å²) in [4.78, 5) is 15.0. The average molecular weight is 493 g/mol. The highest BCUT2D eigenvalue weighted by Crippen LogP contribution is 2.27. The lowest BCUT2D eigenvalue weighted by molar-refractivity contribution is 0.0526. The zero-order valence-corrected chi connectivity index (χ0v) is 23.0. The van der Waals surface area contributed by atoms with Crippen LogP contribution in [0, 0.1) is 15.8 Å². The average Bonchev–Trinajstić information content (AvgIpc) is 3.13. The molecular formula is C27H44N2O2S2. The Morgan fingerprint density at radius 2 is 1.64 bits per heavy atom. The molecular weight excluding hydrogens is 448 g/mol. The molecule has 2 aromatic rings. The van der Waals surface area contributed by atoms with E-state index in [1.807, 2.05) is 25.1 Å². The van der Waals surface area contributed by atoms with Gasteiger partial charge in [0, 0.05) is 13.1 Å². The van der Waals surface area contributed by atoms with E-state index < -0.39 is 0 Å². The van der Waals surface area contributed by atoms with E-state index in [1.165, 1.54) is 51.4 Å². The Balaban J connectivity index is 2.34. The molecule has 33 heavy (non-hydrogen) atoms. The first kappa shape index (κ1) is 28.0. The molecule has 1 aromatic heterocycles. The lowest BCUT2D eigenvalue weighted by Gasteiger charge is -2.31. The summed E-state index contributed by atoms with van der Waals surface area (Å²) >= 11 is 7.42. The van der Waals surface area contributed by atoms with Crippen LogP contribution in [0.2, 0.25) is 0 Å². The topological polar surface area (TPSA) is 34.5 Å². The Hall–Kier alpha value is -1.24. The highest BCUT2D eigenvalue weighted by atomic mass is 32.1. The fourth-order valence-corrected chi connectivity index (χ4v) is 5.78. The van der Waals surface area contributed by atoms with E-state index in [4.69, 9.17) is 17.0 Å². The number of unbranched alkanes of at least 4 members (excludes halogenated alkanes) is 2. The lowest BCUT2D eigenvalue weighted by Crippen LogP contribution is -2.35. The first-order valence-corrected chi connectivity index (χ1v) is 14.2. The van der Waals surface area contributed by atoms with Crippen LogP contribution in [-0.2, 0) is 11.4 Å². The van der Waals surface area contributed by atoms with Crippen LogP contribution in [0.3, 0.4) is 0 Å². The SMILES string of the molecule is CCCCC(CC)CN(CC(CC)CCCC)Cn1c(=S)sc2ccc(C(=O)OCC)cc21. The zero-order chi connectivity index (χ0) is 24.2. The minimum atomic E-state index is -0.267. The van der Waals surface area contributed by atoms with Gasteiger partial charge >= 0.3 is 5.97 Å². The minimum absolute atomic E-state index is 0.267. The van der Waals surface area contributed by atoms with Crippen molar-refractivity contribution in [3.05, 3.63) is 27.7 Å². The standard InChI is InChI=1S/C27H44N2O2S2/c1-6-11-13-21(8-3)18-28(19-22(9-4)14-12-7-2)20-29-24-17-23(26(30)31-10-5)15-16-25(24)33-27(29)32/h15-17,21-22H,6-14,18-20H2,1-5H3. The first-order valence-electron chi connectivity index (χ1n) is 13.0. The Kier molecular flexibility index (Phi) is 12.6. The van der Waals surface area contributed by atoms with Gasteiger partial charge in [-0.1, -0.05) is 66.2 Å². The second kappa shape index (κ2) is 14.9. The number of esters is 1. The second-order valence-corrected chi connectivity index (χ2v) is 10.9. The van der Waals surface area contributed by atoms with Gasteiger partial charge in [-0.25, -0.2) is 4.79 Å². The molecule has 4 nitrogen and oxygen atoms in total. The van der Waals surface area contributed by atoms with Gasteiger partial charge in [-0.2, -0.15) is 0 Å². The molecule has 0 spiro atoms. The summed E-state index contributed by atoms with van der Waals surface area (Å²) < 4.78 is 9.47. The molecule has 2 atom stereocenters. The predicted molar refractivity (Wildman–Crippen MR) is 145 cm³/mol. The largest absolute Gasteiger partial charge is 0.462 e. The molecule has 0 aliphatic carbocycles. The van der Waals surface area contributed by atoms with Crippen molar-refractivity contribution >= 4 is 39.7 Å². The second-order valence-electron chi connectivity index (χ2n) is 9.21. The van der Waals surface area contributed by atoms with E-state index in [9.17, 15) is 4.79 Å². The summed E-state index contributed by atoms with van der Waals surface area (Å²) in [5.74, 6) is 1.15. The molecule has 0 saturated carbocycles. The molecule has 2 unspecified atom stereocenters. The number of carbonyl (C=O) groups is 1. The van der Waals surface area contributed by atoms with E-state index in [0.717, 1.165) is 33.9 Å². The number of thiazole rings is 1. The van der Waals surface area contributed by atoms with E-state index in [1.54, 1.807) is 11.3 Å². The lowest BCUT2D eigenvalue weighted by atomic mass is 9.96.